The van der Waals surface area contributed by atoms with Crippen molar-refractivity contribution in [1.82, 2.24) is 0 Å². The second kappa shape index (κ2) is 6.51. The van der Waals surface area contributed by atoms with E-state index in [0.29, 0.717) is 0 Å². The van der Waals surface area contributed by atoms with Crippen LogP contribution in [0.4, 0.5) is 0 Å². The summed E-state index contributed by atoms with van der Waals surface area (Å²) in [6, 6.07) is 0. The van der Waals surface area contributed by atoms with E-state index in [1.807, 2.05) is 0 Å². The molecule has 2 rings (SSSR count). The van der Waals surface area contributed by atoms with E-state index in [1.54, 1.807) is 13.0 Å². The number of hydrogen-bond acceptors (Lipinski definition) is 5. The Kier molecular flexibility index (Phi) is 5.24. The Morgan fingerprint density at radius 3 is 2.24 bits per heavy atom. The molecule has 5 heteroatoms. The Morgan fingerprint density at radius 2 is 1.72 bits per heavy atom. The minimum Gasteiger partial charge on any atom is -0.457 e. The number of aliphatic hydroxyl groups is 2. The highest BCUT2D eigenvalue weighted by Gasteiger charge is 2.65. The molecule has 0 radical (unpaired) electrons. The highest BCUT2D eigenvalue weighted by atomic mass is 16.6. The van der Waals surface area contributed by atoms with E-state index >= 15 is 0 Å². The van der Waals surface area contributed by atoms with Gasteiger partial charge in [-0.05, 0) is 49.5 Å². The first kappa shape index (κ1) is 20.1. The fraction of sp³-hybridized carbons (Fsp3) is 0.800. The van der Waals surface area contributed by atoms with E-state index in [-0.39, 0.29) is 17.1 Å². The fourth-order valence-electron chi connectivity index (χ4n) is 5.71. The predicted molar refractivity (Wildman–Crippen MR) is 94.7 cm³/mol. The van der Waals surface area contributed by atoms with Crippen molar-refractivity contribution in [3.8, 4) is 0 Å². The zero-order valence-electron chi connectivity index (χ0n) is 16.2. The lowest BCUT2D eigenvalue weighted by Crippen LogP contribution is -2.70. The Bertz CT molecular complexity index is 577. The van der Waals surface area contributed by atoms with Crippen LogP contribution in [0.5, 0.6) is 0 Å². The summed E-state index contributed by atoms with van der Waals surface area (Å²) in [4.78, 5) is 23.1. The molecule has 5 nitrogen and oxygen atoms in total. The number of carbonyl (C=O) groups is 2. The average molecular weight is 352 g/mol. The Morgan fingerprint density at radius 1 is 1.12 bits per heavy atom. The van der Waals surface area contributed by atoms with Crippen molar-refractivity contribution in [3.05, 3.63) is 12.2 Å². The van der Waals surface area contributed by atoms with Crippen LogP contribution >= 0.6 is 0 Å². The molecule has 0 aliphatic heterocycles. The topological polar surface area (TPSA) is 83.8 Å². The maximum absolute atomic E-state index is 11.6. The van der Waals surface area contributed by atoms with Gasteiger partial charge in [-0.1, -0.05) is 33.3 Å². The van der Waals surface area contributed by atoms with Crippen molar-refractivity contribution in [2.75, 3.05) is 0 Å². The van der Waals surface area contributed by atoms with Crippen LogP contribution in [0, 0.1) is 22.7 Å². The number of fused-ring (bicyclic) bond motifs is 1. The van der Waals surface area contributed by atoms with Crippen molar-refractivity contribution in [2.45, 2.75) is 78.6 Å². The summed E-state index contributed by atoms with van der Waals surface area (Å²) >= 11 is 0. The van der Waals surface area contributed by atoms with Crippen LogP contribution in [0.1, 0.15) is 60.8 Å². The molecule has 0 heterocycles. The molecule has 0 saturated heterocycles. The Labute approximate surface area is 150 Å². The number of hydrogen-bond donors (Lipinski definition) is 2. The number of ether oxygens (including phenoxy) is 1. The zero-order chi connectivity index (χ0) is 19.2. The summed E-state index contributed by atoms with van der Waals surface area (Å²) in [6.07, 6.45) is 4.04. The summed E-state index contributed by atoms with van der Waals surface area (Å²) in [6.45, 7) is 10.7. The van der Waals surface area contributed by atoms with Gasteiger partial charge in [0.15, 0.2) is 11.9 Å². The van der Waals surface area contributed by atoms with Crippen LogP contribution in [0.15, 0.2) is 12.2 Å². The van der Waals surface area contributed by atoms with Gasteiger partial charge in [-0.25, -0.2) is 0 Å². The predicted octanol–water partition coefficient (Wildman–Crippen LogP) is 2.64. The molecule has 6 atom stereocenters. The molecule has 0 bridgehead atoms. The number of carbonyl (C=O) groups excluding carboxylic acids is 2. The summed E-state index contributed by atoms with van der Waals surface area (Å²) in [5.41, 5.74) is -2.02. The molecule has 2 fully saturated rings. The van der Waals surface area contributed by atoms with Crippen LogP contribution in [-0.4, -0.2) is 39.8 Å². The molecule has 2 saturated carbocycles. The molecule has 2 aliphatic carbocycles. The summed E-state index contributed by atoms with van der Waals surface area (Å²) in [7, 11) is 0. The van der Waals surface area contributed by atoms with Gasteiger partial charge in [-0.3, -0.25) is 9.59 Å². The van der Waals surface area contributed by atoms with Gasteiger partial charge in [-0.2, -0.15) is 0 Å². The highest BCUT2D eigenvalue weighted by molar-refractivity contribution is 5.87. The lowest BCUT2D eigenvalue weighted by molar-refractivity contribution is -0.262. The number of ketones is 1. The van der Waals surface area contributed by atoms with E-state index in [0.717, 1.165) is 19.3 Å². The quantitative estimate of drug-likeness (QED) is 0.602. The van der Waals surface area contributed by atoms with Crippen LogP contribution in [0.3, 0.4) is 0 Å². The molecule has 2 N–H and O–H groups in total. The van der Waals surface area contributed by atoms with E-state index in [2.05, 4.69) is 20.8 Å². The van der Waals surface area contributed by atoms with Crippen molar-refractivity contribution in [1.29, 1.82) is 0 Å². The molecular weight excluding hydrogens is 320 g/mol. The van der Waals surface area contributed by atoms with Gasteiger partial charge >= 0.3 is 5.97 Å². The second-order valence-electron chi connectivity index (χ2n) is 9.02. The Hall–Kier alpha value is -1.20. The minimum absolute atomic E-state index is 0.0961. The molecule has 0 amide bonds. The third-order valence-electron chi connectivity index (χ3n) is 6.47. The molecule has 25 heavy (non-hydrogen) atoms. The fourth-order valence-corrected chi connectivity index (χ4v) is 5.71. The van der Waals surface area contributed by atoms with E-state index in [1.165, 1.54) is 19.9 Å². The molecular formula is C20H32O5. The molecule has 2 aliphatic rings. The molecule has 0 aromatic heterocycles. The van der Waals surface area contributed by atoms with Gasteiger partial charge in [0.25, 0.3) is 0 Å². The number of aliphatic hydroxyl groups excluding tert-OH is 1. The van der Waals surface area contributed by atoms with Crippen LogP contribution in [0.2, 0.25) is 0 Å². The van der Waals surface area contributed by atoms with Gasteiger partial charge in [0.05, 0.1) is 6.10 Å². The normalized spacial score (nSPS) is 43.5. The maximum Gasteiger partial charge on any atom is 0.303 e. The molecule has 6 unspecified atom stereocenters. The number of esters is 1. The van der Waals surface area contributed by atoms with Crippen LogP contribution < -0.4 is 0 Å². The first-order valence-corrected chi connectivity index (χ1v) is 9.10. The third-order valence-corrected chi connectivity index (χ3v) is 6.47. The SMILES string of the molecule is CC(=O)/C=C/C1C(C)(O)C(OC(C)=O)C(O)C2C(C)(C)CCCC21C. The monoisotopic (exact) mass is 352 g/mol. The first-order chi connectivity index (χ1) is 11.3. The second-order valence-corrected chi connectivity index (χ2v) is 9.02. The van der Waals surface area contributed by atoms with Gasteiger partial charge in [0.2, 0.25) is 0 Å². The van der Waals surface area contributed by atoms with Gasteiger partial charge in [-0.15, -0.1) is 0 Å². The van der Waals surface area contributed by atoms with Crippen molar-refractivity contribution in [2.24, 2.45) is 22.7 Å². The van der Waals surface area contributed by atoms with Gasteiger partial charge in [0.1, 0.15) is 5.60 Å². The lowest BCUT2D eigenvalue weighted by Gasteiger charge is -2.63. The van der Waals surface area contributed by atoms with Gasteiger partial charge in [0, 0.05) is 12.8 Å². The smallest absolute Gasteiger partial charge is 0.303 e. The van der Waals surface area contributed by atoms with Crippen molar-refractivity contribution < 1.29 is 24.5 Å². The number of allylic oxidation sites excluding steroid dienone is 1. The van der Waals surface area contributed by atoms with Crippen LogP contribution in [0.25, 0.3) is 0 Å². The number of rotatable bonds is 3. The molecule has 0 aromatic carbocycles. The summed E-state index contributed by atoms with van der Waals surface area (Å²) in [5.74, 6) is -1.18. The van der Waals surface area contributed by atoms with Gasteiger partial charge < -0.3 is 14.9 Å². The first-order valence-electron chi connectivity index (χ1n) is 9.10. The van der Waals surface area contributed by atoms with Crippen molar-refractivity contribution in [3.63, 3.8) is 0 Å². The van der Waals surface area contributed by atoms with Crippen molar-refractivity contribution >= 4 is 11.8 Å². The highest BCUT2D eigenvalue weighted by Crippen LogP contribution is 2.62. The lowest BCUT2D eigenvalue weighted by atomic mass is 9.44. The van der Waals surface area contributed by atoms with E-state index < -0.39 is 35.1 Å². The minimum atomic E-state index is -1.46. The molecule has 142 valence electrons. The summed E-state index contributed by atoms with van der Waals surface area (Å²) < 4.78 is 5.39. The molecule has 0 spiro atoms. The largest absolute Gasteiger partial charge is 0.457 e. The zero-order valence-corrected chi connectivity index (χ0v) is 16.2. The van der Waals surface area contributed by atoms with E-state index in [9.17, 15) is 19.8 Å². The van der Waals surface area contributed by atoms with E-state index in [4.69, 9.17) is 4.74 Å². The third kappa shape index (κ3) is 3.41. The Balaban J connectivity index is 2.60. The molecule has 0 aromatic rings. The maximum atomic E-state index is 11.6. The van der Waals surface area contributed by atoms with Crippen LogP contribution in [-0.2, 0) is 14.3 Å². The standard InChI is InChI=1S/C20H32O5/c1-12(21)8-9-14-19(5)11-7-10-18(3,4)16(19)15(23)17(20(14,6)24)25-13(2)22/h8-9,14-17,23-24H,7,10-11H2,1-6H3/b9-8+. The summed E-state index contributed by atoms with van der Waals surface area (Å²) in [5, 5.41) is 22.4. The average Bonchev–Trinajstić information content (AvgIpc) is 2.41.